The molecule has 0 rings (SSSR count). The van der Waals surface area contributed by atoms with Crippen LogP contribution >= 0.6 is 7.82 Å². The zero-order valence-electron chi connectivity index (χ0n) is 3.02. The third-order valence-electron chi connectivity index (χ3n) is 0. The van der Waals surface area contributed by atoms with E-state index in [4.69, 9.17) is 19.2 Å². The predicted molar refractivity (Wildman–Crippen MR) is 29.3 cm³/mol. The van der Waals surface area contributed by atoms with Crippen LogP contribution in [0.25, 0.3) is 0 Å². The fourth-order valence-electron chi connectivity index (χ4n) is 0. The van der Waals surface area contributed by atoms with E-state index in [1.165, 1.54) is 0 Å². The van der Waals surface area contributed by atoms with Crippen molar-refractivity contribution in [1.29, 1.82) is 0 Å². The van der Waals surface area contributed by atoms with Crippen molar-refractivity contribution in [2.75, 3.05) is 0 Å². The van der Waals surface area contributed by atoms with Gasteiger partial charge in [-0.1, -0.05) is 7.43 Å². The van der Waals surface area contributed by atoms with Gasteiger partial charge in [0.2, 0.25) is 0 Å². The molecule has 0 aromatic carbocycles. The van der Waals surface area contributed by atoms with Crippen LogP contribution in [0.5, 0.6) is 0 Å². The van der Waals surface area contributed by atoms with Crippen LogP contribution in [0, 0.1) is 0 Å². The monoisotopic (exact) mass is 208 g/mol. The van der Waals surface area contributed by atoms with Gasteiger partial charge in [-0.25, -0.2) is 4.57 Å². The van der Waals surface area contributed by atoms with Crippen molar-refractivity contribution in [3.8, 4) is 0 Å². The van der Waals surface area contributed by atoms with Gasteiger partial charge in [-0.05, 0) is 0 Å². The zero-order valence-corrected chi connectivity index (χ0v) is 5.31. The SMILES string of the molecule is C.O=P(O)(O)O.[F].[NaH].[V]. The van der Waals surface area contributed by atoms with Crippen molar-refractivity contribution in [2.24, 2.45) is 0 Å². The zero-order chi connectivity index (χ0) is 4.50. The van der Waals surface area contributed by atoms with Gasteiger partial charge >= 0.3 is 37.4 Å². The fourth-order valence-corrected chi connectivity index (χ4v) is 0. The minimum Gasteiger partial charge on any atom is 0 e. The van der Waals surface area contributed by atoms with E-state index < -0.39 is 7.82 Å². The molecule has 8 heteroatoms. The molecule has 0 spiro atoms. The van der Waals surface area contributed by atoms with Crippen LogP contribution in [0.3, 0.4) is 0 Å². The summed E-state index contributed by atoms with van der Waals surface area (Å²) in [6, 6.07) is 0. The third-order valence-corrected chi connectivity index (χ3v) is 0. The van der Waals surface area contributed by atoms with E-state index in [1.54, 1.807) is 0 Å². The van der Waals surface area contributed by atoms with E-state index in [0.717, 1.165) is 0 Å². The quantitative estimate of drug-likeness (QED) is 0.369. The molecular formula is CH8FNaO4PV. The van der Waals surface area contributed by atoms with Gasteiger partial charge in [-0.3, -0.25) is 0 Å². The minimum atomic E-state index is -4.64. The van der Waals surface area contributed by atoms with Crippen LogP contribution in [0.2, 0.25) is 0 Å². The van der Waals surface area contributed by atoms with Crippen molar-refractivity contribution in [1.82, 2.24) is 0 Å². The molecule has 4 nitrogen and oxygen atoms in total. The van der Waals surface area contributed by atoms with Gasteiger partial charge in [0.1, 0.15) is 0 Å². The Morgan fingerprint density at radius 3 is 1.11 bits per heavy atom. The second-order valence-corrected chi connectivity index (χ2v) is 1.54. The maximum atomic E-state index is 8.88. The van der Waals surface area contributed by atoms with Crippen molar-refractivity contribution < 1.29 is 42.5 Å². The van der Waals surface area contributed by atoms with Gasteiger partial charge in [0.05, 0.1) is 0 Å². The predicted octanol–water partition coefficient (Wildman–Crippen LogP) is -0.523. The average Bonchev–Trinajstić information content (AvgIpc) is 0.722. The number of rotatable bonds is 0. The molecule has 0 aliphatic carbocycles. The maximum Gasteiger partial charge on any atom is 0 e. The molecular weight excluding hydrogens is 200 g/mol. The average molecular weight is 208 g/mol. The molecule has 0 saturated carbocycles. The molecule has 9 heavy (non-hydrogen) atoms. The summed E-state index contributed by atoms with van der Waals surface area (Å²) in [4.78, 5) is 21.6. The second kappa shape index (κ2) is 12.3. The molecule has 0 aliphatic heterocycles. The summed E-state index contributed by atoms with van der Waals surface area (Å²) in [6.45, 7) is 0. The summed E-state index contributed by atoms with van der Waals surface area (Å²) in [5.41, 5.74) is 0. The van der Waals surface area contributed by atoms with Crippen LogP contribution in [0.1, 0.15) is 7.43 Å². The summed E-state index contributed by atoms with van der Waals surface area (Å²) in [6.07, 6.45) is 0. The molecule has 0 saturated heterocycles. The molecule has 0 atom stereocenters. The molecule has 0 unspecified atom stereocenters. The number of hydrogen-bond acceptors (Lipinski definition) is 1. The Labute approximate surface area is 86.8 Å². The largest absolute Gasteiger partial charge is 0 e. The van der Waals surface area contributed by atoms with E-state index in [9.17, 15) is 0 Å². The van der Waals surface area contributed by atoms with Crippen LogP contribution < -0.4 is 0 Å². The van der Waals surface area contributed by atoms with Gasteiger partial charge in [0.25, 0.3) is 0 Å². The van der Waals surface area contributed by atoms with Gasteiger partial charge < -0.3 is 14.7 Å². The summed E-state index contributed by atoms with van der Waals surface area (Å²) < 4.78 is 8.88. The van der Waals surface area contributed by atoms with E-state index in [0.29, 0.717) is 0 Å². The van der Waals surface area contributed by atoms with E-state index in [1.807, 2.05) is 0 Å². The van der Waals surface area contributed by atoms with E-state index in [-0.39, 0.29) is 60.2 Å². The molecule has 0 amide bonds. The van der Waals surface area contributed by atoms with Gasteiger partial charge in [-0.15, -0.1) is 0 Å². The van der Waals surface area contributed by atoms with Crippen molar-refractivity contribution >= 4 is 37.4 Å². The van der Waals surface area contributed by atoms with Crippen LogP contribution in [0.4, 0.5) is 4.70 Å². The Balaban J connectivity index is -0.0000000133. The van der Waals surface area contributed by atoms with Crippen LogP contribution in [0.15, 0.2) is 0 Å². The van der Waals surface area contributed by atoms with Crippen LogP contribution in [-0.2, 0) is 23.1 Å². The van der Waals surface area contributed by atoms with Gasteiger partial charge in [-0.2, -0.15) is 0 Å². The number of phosphoric acid groups is 1. The molecule has 0 aliphatic rings. The smallest absolute Gasteiger partial charge is 0 e. The Hall–Kier alpha value is 1.62. The normalized spacial score (nSPS) is 6.56. The Bertz CT molecular complexity index is 66.7. The first-order valence-electron chi connectivity index (χ1n) is 0.783. The minimum absolute atomic E-state index is 0. The molecule has 2 radical (unpaired) electrons. The first-order chi connectivity index (χ1) is 2.00. The molecule has 0 aromatic rings. The summed E-state index contributed by atoms with van der Waals surface area (Å²) in [5.74, 6) is 0. The van der Waals surface area contributed by atoms with Gasteiger partial charge in [0.15, 0.2) is 0 Å². The first-order valence-corrected chi connectivity index (χ1v) is 2.35. The van der Waals surface area contributed by atoms with Crippen molar-refractivity contribution in [3.63, 3.8) is 0 Å². The van der Waals surface area contributed by atoms with Crippen molar-refractivity contribution in [2.45, 2.75) is 7.43 Å². The standard InChI is InChI=1S/CH4.F.Na.H3O4P.V.H/c;;;1-5(2,3)4;;/h1H4;;;(H3,1,2,3,4);;. The maximum absolute atomic E-state index is 8.88. The van der Waals surface area contributed by atoms with E-state index >= 15 is 0 Å². The Morgan fingerprint density at radius 2 is 1.11 bits per heavy atom. The Kier molecular flexibility index (Phi) is 42.6. The number of hydrogen-bond donors (Lipinski definition) is 3. The van der Waals surface area contributed by atoms with Crippen molar-refractivity contribution in [3.05, 3.63) is 0 Å². The topological polar surface area (TPSA) is 77.8 Å². The molecule has 0 bridgehead atoms. The first kappa shape index (κ1) is 31.1. The number of halogens is 1. The molecule has 3 N–H and O–H groups in total. The third kappa shape index (κ3) is 212. The fraction of sp³-hybridized carbons (Fsp3) is 1.00. The summed E-state index contributed by atoms with van der Waals surface area (Å²) in [7, 11) is -4.64. The molecule has 0 aromatic heterocycles. The summed E-state index contributed by atoms with van der Waals surface area (Å²) in [5, 5.41) is 0. The molecule has 0 fully saturated rings. The second-order valence-electron chi connectivity index (χ2n) is 0.513. The van der Waals surface area contributed by atoms with Gasteiger partial charge in [0, 0.05) is 23.3 Å². The summed E-state index contributed by atoms with van der Waals surface area (Å²) >= 11 is 0. The Morgan fingerprint density at radius 1 is 1.11 bits per heavy atom. The van der Waals surface area contributed by atoms with E-state index in [2.05, 4.69) is 0 Å². The molecule has 0 heterocycles. The molecule has 54 valence electrons. The van der Waals surface area contributed by atoms with Crippen LogP contribution in [-0.4, -0.2) is 44.2 Å².